The molecule has 6 heteroatoms. The zero-order valence-electron chi connectivity index (χ0n) is 12.4. The van der Waals surface area contributed by atoms with E-state index >= 15 is 0 Å². The lowest BCUT2D eigenvalue weighted by Gasteiger charge is -2.34. The van der Waals surface area contributed by atoms with Crippen LogP contribution < -0.4 is 4.72 Å². The van der Waals surface area contributed by atoms with Gasteiger partial charge in [0.1, 0.15) is 10.6 Å². The number of hydrogen-bond donors (Lipinski definition) is 2. The van der Waals surface area contributed by atoms with E-state index in [-0.39, 0.29) is 12.2 Å². The molecule has 0 aromatic heterocycles. The third-order valence-electron chi connectivity index (χ3n) is 3.70. The predicted molar refractivity (Wildman–Crippen MR) is 79.7 cm³/mol. The summed E-state index contributed by atoms with van der Waals surface area (Å²) in [5.41, 5.74) is 0.631. The molecule has 2 atom stereocenters. The molecule has 0 heterocycles. The highest BCUT2D eigenvalue weighted by Crippen LogP contribution is 2.41. The van der Waals surface area contributed by atoms with Crippen molar-refractivity contribution in [3.63, 3.8) is 0 Å². The average molecular weight is 313 g/mol. The molecule has 1 aromatic rings. The molecule has 1 aliphatic carbocycles. The third kappa shape index (κ3) is 3.39. The predicted octanol–water partition coefficient (Wildman–Crippen LogP) is 2.49. The van der Waals surface area contributed by atoms with Gasteiger partial charge < -0.3 is 9.66 Å². The number of hydrogen-bond acceptors (Lipinski definition) is 3. The molecule has 0 saturated heterocycles. The number of rotatable bonds is 4. The Morgan fingerprint density at radius 2 is 2.19 bits per heavy atom. The van der Waals surface area contributed by atoms with Crippen LogP contribution in [0.1, 0.15) is 44.7 Å². The molecule has 1 aromatic carbocycles. The molecule has 21 heavy (non-hydrogen) atoms. The highest BCUT2D eigenvalue weighted by molar-refractivity contribution is 7.90. The molecule has 0 spiro atoms. The van der Waals surface area contributed by atoms with Crippen LogP contribution in [0.2, 0.25) is 0 Å². The minimum absolute atomic E-state index is 0.173. The number of aryl methyl sites for hydroxylation is 1. The standard InChI is InChI=1S/C15H20FNO3S/c1-14(2,3)21(20)17-15(9-13(18)19)7-6-10-8-11(16)4-5-12(10)15/h4-5,8,17H,6-7,9H2,1-3H3,(H,18,19)/t15-,21?/m1/s1. The van der Waals surface area contributed by atoms with E-state index in [0.717, 1.165) is 11.1 Å². The quantitative estimate of drug-likeness (QED) is 0.838. The Balaban J connectivity index is 2.40. The molecule has 0 aliphatic heterocycles. The maximum Gasteiger partial charge on any atom is 0.305 e. The van der Waals surface area contributed by atoms with E-state index in [4.69, 9.17) is 0 Å². The number of aliphatic carboxylic acids is 1. The summed E-state index contributed by atoms with van der Waals surface area (Å²) < 4.78 is 28.3. The smallest absolute Gasteiger partial charge is 0.305 e. The van der Waals surface area contributed by atoms with Gasteiger partial charge in [0.25, 0.3) is 0 Å². The Labute approximate surface area is 127 Å². The molecule has 4 nitrogen and oxygen atoms in total. The second-order valence-electron chi connectivity index (χ2n) is 6.44. The number of nitrogens with one attached hydrogen (secondary N) is 1. The van der Waals surface area contributed by atoms with Gasteiger partial charge in [0, 0.05) is 11.4 Å². The summed E-state index contributed by atoms with van der Waals surface area (Å²) in [7, 11) is 0. The first-order chi connectivity index (χ1) is 9.64. The number of halogens is 1. The van der Waals surface area contributed by atoms with Gasteiger partial charge in [-0.25, -0.2) is 4.39 Å². The maximum atomic E-state index is 13.3. The summed E-state index contributed by atoms with van der Waals surface area (Å²) in [6, 6.07) is 4.36. The van der Waals surface area contributed by atoms with Crippen molar-refractivity contribution in [3.05, 3.63) is 35.1 Å². The minimum atomic E-state index is -1.40. The number of carbonyl (C=O) groups is 1. The van der Waals surface area contributed by atoms with E-state index in [2.05, 4.69) is 4.72 Å². The van der Waals surface area contributed by atoms with Crippen molar-refractivity contribution in [2.75, 3.05) is 0 Å². The van der Waals surface area contributed by atoms with Crippen LogP contribution in [-0.4, -0.2) is 20.4 Å². The fraction of sp³-hybridized carbons (Fsp3) is 0.533. The van der Waals surface area contributed by atoms with Gasteiger partial charge in [0.05, 0.1) is 12.0 Å². The molecule has 0 bridgehead atoms. The zero-order valence-corrected chi connectivity index (χ0v) is 13.2. The van der Waals surface area contributed by atoms with E-state index in [1.54, 1.807) is 6.07 Å². The topological polar surface area (TPSA) is 72.4 Å². The van der Waals surface area contributed by atoms with Gasteiger partial charge in [-0.1, -0.05) is 6.07 Å². The number of fused-ring (bicyclic) bond motifs is 1. The van der Waals surface area contributed by atoms with Crippen molar-refractivity contribution >= 4 is 17.3 Å². The Morgan fingerprint density at radius 3 is 2.76 bits per heavy atom. The Morgan fingerprint density at radius 1 is 1.52 bits per heavy atom. The molecule has 0 saturated carbocycles. The Hall–Kier alpha value is -1.11. The van der Waals surface area contributed by atoms with Crippen LogP contribution in [-0.2, 0) is 28.1 Å². The van der Waals surface area contributed by atoms with Gasteiger partial charge in [-0.15, -0.1) is 4.72 Å². The van der Waals surface area contributed by atoms with Crippen molar-refractivity contribution in [2.45, 2.75) is 50.3 Å². The first-order valence-corrected chi connectivity index (χ1v) is 7.99. The maximum absolute atomic E-state index is 13.3. The van der Waals surface area contributed by atoms with E-state index < -0.39 is 27.6 Å². The zero-order chi connectivity index (χ0) is 15.8. The molecule has 2 rings (SSSR count). The molecule has 0 radical (unpaired) electrons. The fourth-order valence-electron chi connectivity index (χ4n) is 2.63. The Bertz CT molecular complexity index is 558. The van der Waals surface area contributed by atoms with Gasteiger partial charge >= 0.3 is 5.97 Å². The monoisotopic (exact) mass is 313 g/mol. The van der Waals surface area contributed by atoms with E-state index in [1.165, 1.54) is 12.1 Å². The largest absolute Gasteiger partial charge is 0.598 e. The molecule has 0 fully saturated rings. The lowest BCUT2D eigenvalue weighted by molar-refractivity contribution is -0.138. The van der Waals surface area contributed by atoms with Gasteiger partial charge in [-0.2, -0.15) is 0 Å². The molecule has 0 amide bonds. The molecule has 2 N–H and O–H groups in total. The number of benzene rings is 1. The summed E-state index contributed by atoms with van der Waals surface area (Å²) in [5.74, 6) is -1.30. The van der Waals surface area contributed by atoms with Crippen LogP contribution in [0.25, 0.3) is 0 Å². The summed E-state index contributed by atoms with van der Waals surface area (Å²) in [6.07, 6.45) is 0.905. The summed E-state index contributed by atoms with van der Waals surface area (Å²) >= 11 is -1.40. The molecule has 1 unspecified atom stereocenters. The second kappa shape index (κ2) is 5.59. The lowest BCUT2D eigenvalue weighted by atomic mass is 9.89. The van der Waals surface area contributed by atoms with Crippen molar-refractivity contribution < 1.29 is 18.8 Å². The van der Waals surface area contributed by atoms with Crippen molar-refractivity contribution in [1.29, 1.82) is 0 Å². The average Bonchev–Trinajstić information content (AvgIpc) is 2.65. The van der Waals surface area contributed by atoms with Crippen LogP contribution in [0.15, 0.2) is 18.2 Å². The second-order valence-corrected chi connectivity index (χ2v) is 8.40. The van der Waals surface area contributed by atoms with E-state index in [9.17, 15) is 18.8 Å². The third-order valence-corrected chi connectivity index (χ3v) is 5.39. The summed E-state index contributed by atoms with van der Waals surface area (Å²) in [6.45, 7) is 5.47. The van der Waals surface area contributed by atoms with Gasteiger partial charge in [0.15, 0.2) is 0 Å². The first kappa shape index (κ1) is 16.3. The fourth-order valence-corrected chi connectivity index (χ4v) is 3.58. The molecular formula is C15H20FNO3S. The highest BCUT2D eigenvalue weighted by atomic mass is 32.2. The first-order valence-electron chi connectivity index (χ1n) is 6.84. The van der Waals surface area contributed by atoms with E-state index in [0.29, 0.717) is 12.8 Å². The van der Waals surface area contributed by atoms with E-state index in [1.807, 2.05) is 20.8 Å². The molecular weight excluding hydrogens is 293 g/mol. The molecule has 116 valence electrons. The Kier molecular flexibility index (Phi) is 4.33. The van der Waals surface area contributed by atoms with Crippen molar-refractivity contribution in [3.8, 4) is 0 Å². The normalized spacial score (nSPS) is 22.9. The summed E-state index contributed by atoms with van der Waals surface area (Å²) in [4.78, 5) is 11.3. The minimum Gasteiger partial charge on any atom is -0.598 e. The SMILES string of the molecule is CC(C)(C)[S+]([O-])N[C@@]1(CC(=O)O)CCc2cc(F)ccc21. The van der Waals surface area contributed by atoms with Crippen LogP contribution in [0.4, 0.5) is 4.39 Å². The number of carboxylic acid groups (broad SMARTS) is 1. The van der Waals surface area contributed by atoms with Gasteiger partial charge in [-0.3, -0.25) is 4.79 Å². The van der Waals surface area contributed by atoms with Crippen LogP contribution in [0.3, 0.4) is 0 Å². The number of carboxylic acids is 1. The van der Waals surface area contributed by atoms with Crippen molar-refractivity contribution in [2.24, 2.45) is 0 Å². The van der Waals surface area contributed by atoms with Crippen molar-refractivity contribution in [1.82, 2.24) is 4.72 Å². The highest BCUT2D eigenvalue weighted by Gasteiger charge is 2.46. The van der Waals surface area contributed by atoms with Crippen LogP contribution in [0.5, 0.6) is 0 Å². The van der Waals surface area contributed by atoms with Gasteiger partial charge in [0.2, 0.25) is 0 Å². The lowest BCUT2D eigenvalue weighted by Crippen LogP contribution is -2.51. The van der Waals surface area contributed by atoms with Gasteiger partial charge in [-0.05, 0) is 56.9 Å². The van der Waals surface area contributed by atoms with Crippen LogP contribution >= 0.6 is 0 Å². The summed E-state index contributed by atoms with van der Waals surface area (Å²) in [5, 5.41) is 9.22. The molecule has 1 aliphatic rings. The van der Waals surface area contributed by atoms with Crippen LogP contribution in [0, 0.1) is 5.82 Å².